The molecular formula is C14H9F2NO3. The number of hydrogen-bond acceptors (Lipinski definition) is 4. The van der Waals surface area contributed by atoms with Crippen LogP contribution in [0.3, 0.4) is 0 Å². The maximum atomic E-state index is 12.0. The lowest BCUT2D eigenvalue weighted by Gasteiger charge is -2.08. The molecule has 0 amide bonds. The van der Waals surface area contributed by atoms with E-state index < -0.39 is 18.3 Å². The summed E-state index contributed by atoms with van der Waals surface area (Å²) in [6, 6.07) is 10.2. The third-order valence-corrected chi connectivity index (χ3v) is 2.59. The molecule has 0 spiro atoms. The minimum Gasteiger partial charge on any atom is -0.461 e. The molecule has 1 aromatic heterocycles. The summed E-state index contributed by atoms with van der Waals surface area (Å²) in [5.41, 5.74) is 0.385. The van der Waals surface area contributed by atoms with E-state index in [-0.39, 0.29) is 11.5 Å². The van der Waals surface area contributed by atoms with Gasteiger partial charge in [0.15, 0.2) is 5.76 Å². The molecule has 20 heavy (non-hydrogen) atoms. The first-order chi connectivity index (χ1) is 9.61. The predicted molar refractivity (Wildman–Crippen MR) is 64.5 cm³/mol. The molecule has 102 valence electrons. The van der Waals surface area contributed by atoms with Crippen molar-refractivity contribution in [3.8, 4) is 11.8 Å². The smallest absolute Gasteiger partial charge is 0.387 e. The van der Waals surface area contributed by atoms with Crippen molar-refractivity contribution in [3.05, 3.63) is 54.0 Å². The van der Waals surface area contributed by atoms with Crippen LogP contribution in [0.4, 0.5) is 8.78 Å². The van der Waals surface area contributed by atoms with Gasteiger partial charge in [-0.15, -0.1) is 0 Å². The van der Waals surface area contributed by atoms with E-state index in [4.69, 9.17) is 9.68 Å². The fourth-order valence-electron chi connectivity index (χ4n) is 1.69. The number of nitriles is 1. The van der Waals surface area contributed by atoms with Gasteiger partial charge < -0.3 is 9.15 Å². The zero-order valence-electron chi connectivity index (χ0n) is 10.1. The highest BCUT2D eigenvalue weighted by Crippen LogP contribution is 2.23. The number of carbonyl (C=O) groups is 1. The number of ether oxygens (including phenoxy) is 1. The molecule has 0 aliphatic rings. The average Bonchev–Trinajstić information content (AvgIpc) is 2.94. The molecule has 6 heteroatoms. The molecule has 0 fully saturated rings. The molecular weight excluding hydrogens is 268 g/mol. The zero-order valence-corrected chi connectivity index (χ0v) is 10.1. The highest BCUT2D eigenvalue weighted by atomic mass is 19.3. The Bertz CT molecular complexity index is 615. The fraction of sp³-hybridized carbons (Fsp3) is 0.143. The van der Waals surface area contributed by atoms with Gasteiger partial charge >= 0.3 is 6.61 Å². The molecule has 1 atom stereocenters. The van der Waals surface area contributed by atoms with Gasteiger partial charge in [-0.1, -0.05) is 12.1 Å². The Balaban J connectivity index is 2.20. The Hall–Kier alpha value is -2.68. The molecule has 2 aromatic rings. The van der Waals surface area contributed by atoms with Crippen LogP contribution in [-0.2, 0) is 0 Å². The van der Waals surface area contributed by atoms with Crippen LogP contribution in [0.25, 0.3) is 0 Å². The lowest BCUT2D eigenvalue weighted by Crippen LogP contribution is -2.10. The van der Waals surface area contributed by atoms with Gasteiger partial charge in [-0.25, -0.2) is 0 Å². The summed E-state index contributed by atoms with van der Waals surface area (Å²) in [6.45, 7) is -2.92. The summed E-state index contributed by atoms with van der Waals surface area (Å²) in [5.74, 6) is -1.50. The van der Waals surface area contributed by atoms with Gasteiger partial charge in [0.25, 0.3) is 0 Å². The van der Waals surface area contributed by atoms with Crippen molar-refractivity contribution in [2.24, 2.45) is 0 Å². The molecule has 0 aliphatic heterocycles. The Kier molecular flexibility index (Phi) is 4.11. The Morgan fingerprint density at radius 2 is 1.95 bits per heavy atom. The highest BCUT2D eigenvalue weighted by molar-refractivity contribution is 6.00. The van der Waals surface area contributed by atoms with E-state index in [2.05, 4.69) is 4.74 Å². The summed E-state index contributed by atoms with van der Waals surface area (Å²) in [5, 5.41) is 9.10. The monoisotopic (exact) mass is 277 g/mol. The number of rotatable bonds is 5. The zero-order chi connectivity index (χ0) is 14.5. The number of hydrogen-bond donors (Lipinski definition) is 0. The number of ketones is 1. The van der Waals surface area contributed by atoms with E-state index in [1.165, 1.54) is 36.6 Å². The normalized spacial score (nSPS) is 11.9. The van der Waals surface area contributed by atoms with E-state index in [0.717, 1.165) is 0 Å². The number of furan rings is 1. The van der Waals surface area contributed by atoms with E-state index in [9.17, 15) is 13.6 Å². The summed E-state index contributed by atoms with van der Waals surface area (Å²) < 4.78 is 33.2. The third-order valence-electron chi connectivity index (χ3n) is 2.59. The molecule has 1 aromatic carbocycles. The molecule has 2 rings (SSSR count). The Morgan fingerprint density at radius 1 is 1.25 bits per heavy atom. The topological polar surface area (TPSA) is 63.2 Å². The minimum atomic E-state index is -2.92. The molecule has 0 N–H and O–H groups in total. The van der Waals surface area contributed by atoms with Crippen LogP contribution in [0.5, 0.6) is 5.75 Å². The maximum absolute atomic E-state index is 12.0. The minimum absolute atomic E-state index is 0.0362. The van der Waals surface area contributed by atoms with Crippen molar-refractivity contribution in [3.63, 3.8) is 0 Å². The molecule has 4 nitrogen and oxygen atoms in total. The quantitative estimate of drug-likeness (QED) is 0.786. The van der Waals surface area contributed by atoms with E-state index in [1.807, 2.05) is 6.07 Å². The predicted octanol–water partition coefficient (Wildman–Crippen LogP) is 3.37. The van der Waals surface area contributed by atoms with Gasteiger partial charge in [0.05, 0.1) is 12.3 Å². The van der Waals surface area contributed by atoms with Crippen molar-refractivity contribution in [1.82, 2.24) is 0 Å². The fourth-order valence-corrected chi connectivity index (χ4v) is 1.69. The summed E-state index contributed by atoms with van der Waals surface area (Å²) in [7, 11) is 0. The second kappa shape index (κ2) is 5.97. The highest BCUT2D eigenvalue weighted by Gasteiger charge is 2.23. The van der Waals surface area contributed by atoms with Gasteiger partial charge in [0, 0.05) is 0 Å². The second-order valence-corrected chi connectivity index (χ2v) is 3.85. The Labute approximate surface area is 113 Å². The number of carbonyl (C=O) groups excluding carboxylic acids is 1. The number of halogens is 2. The third kappa shape index (κ3) is 3.01. The van der Waals surface area contributed by atoms with Gasteiger partial charge in [-0.3, -0.25) is 4.79 Å². The first-order valence-electron chi connectivity index (χ1n) is 5.64. The van der Waals surface area contributed by atoms with Crippen LogP contribution in [0.2, 0.25) is 0 Å². The molecule has 1 heterocycles. The lowest BCUT2D eigenvalue weighted by atomic mass is 9.95. The van der Waals surface area contributed by atoms with Crippen molar-refractivity contribution >= 4 is 5.78 Å². The lowest BCUT2D eigenvalue weighted by molar-refractivity contribution is -0.0498. The number of alkyl halides is 2. The van der Waals surface area contributed by atoms with E-state index >= 15 is 0 Å². The van der Waals surface area contributed by atoms with E-state index in [0.29, 0.717) is 5.56 Å². The summed E-state index contributed by atoms with van der Waals surface area (Å²) in [4.78, 5) is 12.0. The molecule has 0 bridgehead atoms. The van der Waals surface area contributed by atoms with Crippen LogP contribution in [0, 0.1) is 11.3 Å². The molecule has 0 aliphatic carbocycles. The van der Waals surface area contributed by atoms with Gasteiger partial charge in [0.1, 0.15) is 11.7 Å². The van der Waals surface area contributed by atoms with Crippen LogP contribution in [0.1, 0.15) is 22.0 Å². The number of Topliss-reactive ketones (excluding diaryl/α,β-unsaturated/α-hetero) is 1. The summed E-state index contributed by atoms with van der Waals surface area (Å²) >= 11 is 0. The maximum Gasteiger partial charge on any atom is 0.387 e. The largest absolute Gasteiger partial charge is 0.461 e. The SMILES string of the molecule is N#CC(C(=O)c1ccco1)c1ccc(OC(F)F)cc1. The molecule has 0 radical (unpaired) electrons. The van der Waals surface area contributed by atoms with Crippen molar-refractivity contribution in [2.75, 3.05) is 0 Å². The van der Waals surface area contributed by atoms with Gasteiger partial charge in [-0.05, 0) is 29.8 Å². The number of benzene rings is 1. The van der Waals surface area contributed by atoms with E-state index in [1.54, 1.807) is 6.07 Å². The van der Waals surface area contributed by atoms with Crippen LogP contribution >= 0.6 is 0 Å². The van der Waals surface area contributed by atoms with Gasteiger partial charge in [0.2, 0.25) is 5.78 Å². The standard InChI is InChI=1S/C14H9F2NO3/c15-14(16)20-10-5-3-9(4-6-10)11(8-17)13(18)12-2-1-7-19-12/h1-7,11,14H. The molecule has 0 saturated heterocycles. The first-order valence-corrected chi connectivity index (χ1v) is 5.64. The molecule has 1 unspecified atom stereocenters. The Morgan fingerprint density at radius 3 is 2.45 bits per heavy atom. The van der Waals surface area contributed by atoms with Crippen molar-refractivity contribution in [2.45, 2.75) is 12.5 Å². The average molecular weight is 277 g/mol. The second-order valence-electron chi connectivity index (χ2n) is 3.85. The summed E-state index contributed by atoms with van der Waals surface area (Å²) in [6.07, 6.45) is 1.33. The van der Waals surface area contributed by atoms with Crippen LogP contribution < -0.4 is 4.74 Å². The van der Waals surface area contributed by atoms with Gasteiger partial charge in [-0.2, -0.15) is 14.0 Å². The van der Waals surface area contributed by atoms with Crippen LogP contribution in [-0.4, -0.2) is 12.4 Å². The number of nitrogens with zero attached hydrogens (tertiary/aromatic N) is 1. The molecule has 0 saturated carbocycles. The van der Waals surface area contributed by atoms with Crippen LogP contribution in [0.15, 0.2) is 47.1 Å². The first kappa shape index (κ1) is 13.7. The van der Waals surface area contributed by atoms with Crippen molar-refractivity contribution in [1.29, 1.82) is 5.26 Å². The van der Waals surface area contributed by atoms with Crippen molar-refractivity contribution < 1.29 is 22.7 Å².